The Morgan fingerprint density at radius 3 is 2.16 bits per heavy atom. The minimum absolute atomic E-state index is 0.275. The molecule has 0 aliphatic heterocycles. The molecule has 0 aliphatic carbocycles. The van der Waals surface area contributed by atoms with Crippen LogP contribution in [-0.2, 0) is 4.65 Å². The second kappa shape index (κ2) is 5.44. The smallest absolute Gasteiger partial charge is 0.309 e. The van der Waals surface area contributed by atoms with Gasteiger partial charge in [-0.3, -0.25) is 0 Å². The third-order valence-electron chi connectivity index (χ3n) is 3.40. The minimum atomic E-state index is -0.975. The largest absolute Gasteiger partial charge is 0.427 e. The standard InChI is InChI=1S/C14H17BN2O2/c1-13(2,18)14(3,4)19-15-12-6-5-10(8-16)11(7-12)9-17/h5-7,15,18H,1-4H3. The van der Waals surface area contributed by atoms with Crippen molar-refractivity contribution in [1.82, 2.24) is 0 Å². The third kappa shape index (κ3) is 3.57. The van der Waals surface area contributed by atoms with Crippen LogP contribution in [-0.4, -0.2) is 23.8 Å². The van der Waals surface area contributed by atoms with Crippen LogP contribution in [0.4, 0.5) is 0 Å². The van der Waals surface area contributed by atoms with E-state index >= 15 is 0 Å². The summed E-state index contributed by atoms with van der Waals surface area (Å²) in [7, 11) is 0.275. The van der Waals surface area contributed by atoms with Gasteiger partial charge < -0.3 is 9.76 Å². The van der Waals surface area contributed by atoms with Gasteiger partial charge in [-0.25, -0.2) is 0 Å². The minimum Gasteiger partial charge on any atom is -0.427 e. The molecule has 1 N–H and O–H groups in total. The first-order valence-corrected chi connectivity index (χ1v) is 6.01. The first kappa shape index (κ1) is 15.2. The average molecular weight is 256 g/mol. The lowest BCUT2D eigenvalue weighted by atomic mass is 9.81. The van der Waals surface area contributed by atoms with Crippen LogP contribution < -0.4 is 5.46 Å². The second-order valence-electron chi connectivity index (χ2n) is 5.46. The van der Waals surface area contributed by atoms with Crippen molar-refractivity contribution >= 4 is 12.9 Å². The molecule has 0 atom stereocenters. The van der Waals surface area contributed by atoms with Gasteiger partial charge in [-0.2, -0.15) is 10.5 Å². The van der Waals surface area contributed by atoms with Gasteiger partial charge in [0, 0.05) is 0 Å². The lowest BCUT2D eigenvalue weighted by molar-refractivity contribution is -0.0893. The first-order valence-electron chi connectivity index (χ1n) is 6.01. The van der Waals surface area contributed by atoms with Crippen LogP contribution in [0.15, 0.2) is 18.2 Å². The summed E-state index contributed by atoms with van der Waals surface area (Å²) in [4.78, 5) is 0. The first-order chi connectivity index (χ1) is 8.71. The number of rotatable bonds is 4. The van der Waals surface area contributed by atoms with Gasteiger partial charge in [0.2, 0.25) is 0 Å². The van der Waals surface area contributed by atoms with E-state index in [1.165, 1.54) is 0 Å². The molecule has 1 rings (SSSR count). The number of aliphatic hydroxyl groups is 1. The van der Waals surface area contributed by atoms with Crippen molar-refractivity contribution in [2.75, 3.05) is 0 Å². The Kier molecular flexibility index (Phi) is 4.37. The van der Waals surface area contributed by atoms with Crippen LogP contribution in [0, 0.1) is 22.7 Å². The monoisotopic (exact) mass is 256 g/mol. The maximum Gasteiger partial charge on any atom is 0.309 e. The molecule has 0 amide bonds. The van der Waals surface area contributed by atoms with E-state index in [4.69, 9.17) is 15.2 Å². The molecule has 5 heteroatoms. The fourth-order valence-corrected chi connectivity index (χ4v) is 1.31. The second-order valence-corrected chi connectivity index (χ2v) is 5.46. The van der Waals surface area contributed by atoms with Crippen LogP contribution >= 0.6 is 0 Å². The number of nitrogens with zero attached hydrogens (tertiary/aromatic N) is 2. The number of benzene rings is 1. The van der Waals surface area contributed by atoms with Crippen molar-refractivity contribution in [2.24, 2.45) is 0 Å². The van der Waals surface area contributed by atoms with Crippen molar-refractivity contribution in [2.45, 2.75) is 38.9 Å². The number of hydrogen-bond acceptors (Lipinski definition) is 4. The molecule has 0 heterocycles. The summed E-state index contributed by atoms with van der Waals surface area (Å²) >= 11 is 0. The van der Waals surface area contributed by atoms with Crippen LogP contribution in [0.5, 0.6) is 0 Å². The van der Waals surface area contributed by atoms with E-state index in [-0.39, 0.29) is 7.48 Å². The van der Waals surface area contributed by atoms with Crippen LogP contribution in [0.1, 0.15) is 38.8 Å². The van der Waals surface area contributed by atoms with Crippen molar-refractivity contribution in [1.29, 1.82) is 10.5 Å². The molecule has 4 nitrogen and oxygen atoms in total. The molecule has 0 aliphatic rings. The summed E-state index contributed by atoms with van der Waals surface area (Å²) in [6.07, 6.45) is 0. The molecule has 1 aromatic carbocycles. The topological polar surface area (TPSA) is 77.0 Å². The maximum absolute atomic E-state index is 9.99. The average Bonchev–Trinajstić information content (AvgIpc) is 2.34. The third-order valence-corrected chi connectivity index (χ3v) is 3.40. The van der Waals surface area contributed by atoms with Gasteiger partial charge in [-0.1, -0.05) is 11.5 Å². The summed E-state index contributed by atoms with van der Waals surface area (Å²) in [5.41, 5.74) is -0.198. The van der Waals surface area contributed by atoms with Crippen LogP contribution in [0.2, 0.25) is 0 Å². The zero-order valence-corrected chi connectivity index (χ0v) is 11.7. The molecule has 0 bridgehead atoms. The highest BCUT2D eigenvalue weighted by Crippen LogP contribution is 2.24. The summed E-state index contributed by atoms with van der Waals surface area (Å²) in [6, 6.07) is 8.95. The zero-order valence-electron chi connectivity index (χ0n) is 11.7. The number of nitriles is 2. The Morgan fingerprint density at radius 1 is 1.11 bits per heavy atom. The molecule has 0 aromatic heterocycles. The summed E-state index contributed by atoms with van der Waals surface area (Å²) in [5.74, 6) is 0. The molecule has 0 fully saturated rings. The van der Waals surface area contributed by atoms with Gasteiger partial charge in [0.15, 0.2) is 0 Å². The van der Waals surface area contributed by atoms with E-state index in [2.05, 4.69) is 0 Å². The Bertz CT molecular complexity index is 548. The Hall–Kier alpha value is -1.82. The van der Waals surface area contributed by atoms with E-state index in [0.717, 1.165) is 5.46 Å². The molecule has 0 saturated heterocycles. The molecule has 0 saturated carbocycles. The van der Waals surface area contributed by atoms with Crippen molar-refractivity contribution in [3.63, 3.8) is 0 Å². The Morgan fingerprint density at radius 2 is 1.68 bits per heavy atom. The van der Waals surface area contributed by atoms with E-state index in [0.29, 0.717) is 11.1 Å². The van der Waals surface area contributed by atoms with Crippen LogP contribution in [0.25, 0.3) is 0 Å². The van der Waals surface area contributed by atoms with Gasteiger partial charge in [0.25, 0.3) is 0 Å². The molecule has 0 radical (unpaired) electrons. The van der Waals surface area contributed by atoms with Gasteiger partial charge in [-0.15, -0.1) is 0 Å². The van der Waals surface area contributed by atoms with E-state index in [1.807, 2.05) is 26.0 Å². The summed E-state index contributed by atoms with van der Waals surface area (Å²) in [6.45, 7) is 6.99. The van der Waals surface area contributed by atoms with E-state index in [9.17, 15) is 5.11 Å². The number of hydrogen-bond donors (Lipinski definition) is 1. The fraction of sp³-hybridized carbons (Fsp3) is 0.429. The quantitative estimate of drug-likeness (QED) is 0.814. The highest BCUT2D eigenvalue weighted by Gasteiger charge is 2.35. The molecule has 1 aromatic rings. The zero-order chi connectivity index (χ0) is 14.7. The van der Waals surface area contributed by atoms with Crippen molar-refractivity contribution in [3.05, 3.63) is 29.3 Å². The normalized spacial score (nSPS) is 11.5. The SMILES string of the molecule is CC(C)(O)C(C)(C)OBc1ccc(C#N)c(C#N)c1. The van der Waals surface area contributed by atoms with Crippen molar-refractivity contribution < 1.29 is 9.76 Å². The van der Waals surface area contributed by atoms with E-state index in [1.54, 1.807) is 32.0 Å². The summed E-state index contributed by atoms with van der Waals surface area (Å²) in [5, 5.41) is 27.8. The van der Waals surface area contributed by atoms with Crippen molar-refractivity contribution in [3.8, 4) is 12.1 Å². The Labute approximate surface area is 114 Å². The maximum atomic E-state index is 9.99. The predicted octanol–water partition coefficient (Wildman–Crippen LogP) is 0.973. The van der Waals surface area contributed by atoms with Gasteiger partial charge in [-0.05, 0) is 39.8 Å². The molecule has 0 spiro atoms. The molecular weight excluding hydrogens is 239 g/mol. The highest BCUT2D eigenvalue weighted by atomic mass is 16.5. The van der Waals surface area contributed by atoms with Gasteiger partial charge in [0.1, 0.15) is 12.1 Å². The van der Waals surface area contributed by atoms with Gasteiger partial charge in [0.05, 0.1) is 22.3 Å². The van der Waals surface area contributed by atoms with Crippen LogP contribution in [0.3, 0.4) is 0 Å². The molecule has 0 unspecified atom stereocenters. The highest BCUT2D eigenvalue weighted by molar-refractivity contribution is 6.47. The molecular formula is C14H17BN2O2. The van der Waals surface area contributed by atoms with E-state index < -0.39 is 11.2 Å². The van der Waals surface area contributed by atoms with Gasteiger partial charge >= 0.3 is 7.48 Å². The Balaban J connectivity index is 2.87. The lowest BCUT2D eigenvalue weighted by Crippen LogP contribution is -2.49. The summed E-state index contributed by atoms with van der Waals surface area (Å²) < 4.78 is 5.71. The molecule has 19 heavy (non-hydrogen) atoms. The lowest BCUT2D eigenvalue weighted by Gasteiger charge is -2.37. The molecule has 98 valence electrons. The fourth-order valence-electron chi connectivity index (χ4n) is 1.31. The predicted molar refractivity (Wildman–Crippen MR) is 74.1 cm³/mol.